The molecule has 1 aliphatic rings. The van der Waals surface area contributed by atoms with E-state index in [0.717, 1.165) is 25.6 Å². The lowest BCUT2D eigenvalue weighted by Crippen LogP contribution is -2.33. The average Bonchev–Trinajstić information content (AvgIpc) is 2.86. The molecule has 0 atom stereocenters. The lowest BCUT2D eigenvalue weighted by molar-refractivity contribution is 0.172. The molecular formula is C14H27ClN4. The van der Waals surface area contributed by atoms with Crippen LogP contribution in [0, 0.1) is 5.92 Å². The van der Waals surface area contributed by atoms with Crippen LogP contribution in [0.5, 0.6) is 0 Å². The molecule has 5 heteroatoms. The van der Waals surface area contributed by atoms with Crippen LogP contribution in [0.4, 0.5) is 0 Å². The van der Waals surface area contributed by atoms with Crippen molar-refractivity contribution in [1.29, 1.82) is 0 Å². The summed E-state index contributed by atoms with van der Waals surface area (Å²) in [6, 6.07) is 0. The van der Waals surface area contributed by atoms with Crippen LogP contribution in [0.3, 0.4) is 0 Å². The fourth-order valence-corrected chi connectivity index (χ4v) is 2.70. The first-order chi connectivity index (χ1) is 8.81. The minimum absolute atomic E-state index is 0. The Bertz CT molecular complexity index is 345. The first-order valence-corrected chi connectivity index (χ1v) is 7.20. The van der Waals surface area contributed by atoms with Crippen molar-refractivity contribution >= 4 is 12.4 Å². The SMILES string of the molecule is CCn1cc(CN2CCC(CCNC)CC2)cn1.Cl. The Kier molecular flexibility index (Phi) is 7.42. The number of halogens is 1. The Morgan fingerprint density at radius 3 is 2.68 bits per heavy atom. The Balaban J connectivity index is 0.00000180. The molecule has 1 aromatic rings. The second-order valence-electron chi connectivity index (χ2n) is 5.32. The Labute approximate surface area is 123 Å². The predicted octanol–water partition coefficient (Wildman–Crippen LogP) is 2.15. The molecule has 110 valence electrons. The van der Waals surface area contributed by atoms with E-state index >= 15 is 0 Å². The second kappa shape index (κ2) is 8.56. The lowest BCUT2D eigenvalue weighted by atomic mass is 9.93. The molecule has 0 radical (unpaired) electrons. The summed E-state index contributed by atoms with van der Waals surface area (Å²) in [6.45, 7) is 7.81. The summed E-state index contributed by atoms with van der Waals surface area (Å²) >= 11 is 0. The number of aryl methyl sites for hydroxylation is 1. The van der Waals surface area contributed by atoms with Gasteiger partial charge in [-0.3, -0.25) is 9.58 Å². The maximum atomic E-state index is 4.34. The summed E-state index contributed by atoms with van der Waals surface area (Å²) in [6.07, 6.45) is 8.22. The molecule has 0 saturated carbocycles. The van der Waals surface area contributed by atoms with Gasteiger partial charge in [0.25, 0.3) is 0 Å². The first-order valence-electron chi connectivity index (χ1n) is 7.20. The van der Waals surface area contributed by atoms with Crippen molar-refractivity contribution < 1.29 is 0 Å². The molecule has 4 nitrogen and oxygen atoms in total. The van der Waals surface area contributed by atoms with Crippen LogP contribution in [0.15, 0.2) is 12.4 Å². The quantitative estimate of drug-likeness (QED) is 0.870. The third-order valence-electron chi connectivity index (χ3n) is 3.93. The minimum Gasteiger partial charge on any atom is -0.320 e. The van der Waals surface area contributed by atoms with Gasteiger partial charge in [-0.1, -0.05) is 0 Å². The number of likely N-dealkylation sites (tertiary alicyclic amines) is 1. The number of aromatic nitrogens is 2. The van der Waals surface area contributed by atoms with Gasteiger partial charge in [0.15, 0.2) is 0 Å². The van der Waals surface area contributed by atoms with Gasteiger partial charge in [-0.25, -0.2) is 0 Å². The highest BCUT2D eigenvalue weighted by Gasteiger charge is 2.18. The van der Waals surface area contributed by atoms with Crippen LogP contribution in [-0.4, -0.2) is 41.4 Å². The number of nitrogens with zero attached hydrogens (tertiary/aromatic N) is 3. The van der Waals surface area contributed by atoms with Gasteiger partial charge in [-0.15, -0.1) is 12.4 Å². The molecule has 1 aliphatic heterocycles. The summed E-state index contributed by atoms with van der Waals surface area (Å²) in [7, 11) is 2.04. The van der Waals surface area contributed by atoms with E-state index in [1.807, 2.05) is 17.9 Å². The Morgan fingerprint density at radius 2 is 2.11 bits per heavy atom. The zero-order valence-corrected chi connectivity index (χ0v) is 13.0. The van der Waals surface area contributed by atoms with E-state index in [1.54, 1.807) is 0 Å². The number of rotatable bonds is 6. The molecule has 1 fully saturated rings. The lowest BCUT2D eigenvalue weighted by Gasteiger charge is -2.31. The highest BCUT2D eigenvalue weighted by Crippen LogP contribution is 2.21. The van der Waals surface area contributed by atoms with Crippen LogP contribution in [0.25, 0.3) is 0 Å². The Morgan fingerprint density at radius 1 is 1.37 bits per heavy atom. The maximum absolute atomic E-state index is 4.34. The van der Waals surface area contributed by atoms with Crippen molar-refractivity contribution in [2.45, 2.75) is 39.3 Å². The molecule has 2 heterocycles. The van der Waals surface area contributed by atoms with Crippen molar-refractivity contribution in [3.8, 4) is 0 Å². The van der Waals surface area contributed by atoms with Crippen molar-refractivity contribution in [2.75, 3.05) is 26.7 Å². The van der Waals surface area contributed by atoms with E-state index < -0.39 is 0 Å². The second-order valence-corrected chi connectivity index (χ2v) is 5.32. The van der Waals surface area contributed by atoms with Gasteiger partial charge < -0.3 is 5.32 Å². The van der Waals surface area contributed by atoms with Crippen LogP contribution in [0.2, 0.25) is 0 Å². The van der Waals surface area contributed by atoms with Crippen molar-refractivity contribution in [1.82, 2.24) is 20.0 Å². The summed E-state index contributed by atoms with van der Waals surface area (Å²) in [5.41, 5.74) is 1.35. The predicted molar refractivity (Wildman–Crippen MR) is 81.7 cm³/mol. The van der Waals surface area contributed by atoms with Crippen LogP contribution >= 0.6 is 12.4 Å². The first kappa shape index (κ1) is 16.5. The topological polar surface area (TPSA) is 33.1 Å². The van der Waals surface area contributed by atoms with E-state index in [4.69, 9.17) is 0 Å². The number of nitrogens with one attached hydrogen (secondary N) is 1. The number of hydrogen-bond donors (Lipinski definition) is 1. The average molecular weight is 287 g/mol. The van der Waals surface area contributed by atoms with Gasteiger partial charge in [0.2, 0.25) is 0 Å². The van der Waals surface area contributed by atoms with E-state index in [9.17, 15) is 0 Å². The van der Waals surface area contributed by atoms with Crippen molar-refractivity contribution in [2.24, 2.45) is 5.92 Å². The molecular weight excluding hydrogens is 260 g/mol. The molecule has 1 N–H and O–H groups in total. The van der Waals surface area contributed by atoms with E-state index in [-0.39, 0.29) is 12.4 Å². The molecule has 0 unspecified atom stereocenters. The molecule has 1 saturated heterocycles. The summed E-state index contributed by atoms with van der Waals surface area (Å²) in [4.78, 5) is 2.56. The van der Waals surface area contributed by atoms with Crippen LogP contribution in [0.1, 0.15) is 31.7 Å². The third kappa shape index (κ3) is 5.13. The van der Waals surface area contributed by atoms with Gasteiger partial charge in [-0.05, 0) is 58.8 Å². The summed E-state index contributed by atoms with van der Waals surface area (Å²) in [5, 5.41) is 7.59. The Hall–Kier alpha value is -0.580. The molecule has 1 aromatic heterocycles. The van der Waals surface area contributed by atoms with Crippen LogP contribution < -0.4 is 5.32 Å². The third-order valence-corrected chi connectivity index (χ3v) is 3.93. The van der Waals surface area contributed by atoms with E-state index in [2.05, 4.69) is 28.4 Å². The zero-order chi connectivity index (χ0) is 12.8. The van der Waals surface area contributed by atoms with Gasteiger partial charge in [0.05, 0.1) is 6.20 Å². The molecule has 19 heavy (non-hydrogen) atoms. The van der Waals surface area contributed by atoms with Crippen molar-refractivity contribution in [3.63, 3.8) is 0 Å². The highest BCUT2D eigenvalue weighted by molar-refractivity contribution is 5.85. The molecule has 0 amide bonds. The largest absolute Gasteiger partial charge is 0.320 e. The standard InChI is InChI=1S/C14H26N4.ClH/c1-3-18-12-14(10-16-18)11-17-8-5-13(6-9-17)4-7-15-2;/h10,12-13,15H,3-9,11H2,1-2H3;1H. The molecule has 0 bridgehead atoms. The van der Waals surface area contributed by atoms with Gasteiger partial charge in [-0.2, -0.15) is 5.10 Å². The summed E-state index contributed by atoms with van der Waals surface area (Å²) in [5.74, 6) is 0.923. The highest BCUT2D eigenvalue weighted by atomic mass is 35.5. The minimum atomic E-state index is 0. The smallest absolute Gasteiger partial charge is 0.0534 e. The molecule has 0 aromatic carbocycles. The van der Waals surface area contributed by atoms with E-state index in [0.29, 0.717) is 0 Å². The monoisotopic (exact) mass is 286 g/mol. The molecule has 0 aliphatic carbocycles. The molecule has 2 rings (SSSR count). The zero-order valence-electron chi connectivity index (χ0n) is 12.1. The molecule has 0 spiro atoms. The van der Waals surface area contributed by atoms with E-state index in [1.165, 1.54) is 37.9 Å². The number of hydrogen-bond acceptors (Lipinski definition) is 3. The van der Waals surface area contributed by atoms with Gasteiger partial charge >= 0.3 is 0 Å². The fraction of sp³-hybridized carbons (Fsp3) is 0.786. The fourth-order valence-electron chi connectivity index (χ4n) is 2.70. The van der Waals surface area contributed by atoms with Crippen LogP contribution in [-0.2, 0) is 13.1 Å². The van der Waals surface area contributed by atoms with Crippen molar-refractivity contribution in [3.05, 3.63) is 18.0 Å². The number of piperidine rings is 1. The normalized spacial score (nSPS) is 17.4. The van der Waals surface area contributed by atoms with Gasteiger partial charge in [0.1, 0.15) is 0 Å². The summed E-state index contributed by atoms with van der Waals surface area (Å²) < 4.78 is 2.01. The van der Waals surface area contributed by atoms with Gasteiger partial charge in [0, 0.05) is 24.8 Å². The maximum Gasteiger partial charge on any atom is 0.0534 e.